The van der Waals surface area contributed by atoms with E-state index in [1.807, 2.05) is 23.7 Å². The smallest absolute Gasteiger partial charge is 0.255 e. The van der Waals surface area contributed by atoms with Crippen LogP contribution in [0.3, 0.4) is 0 Å². The van der Waals surface area contributed by atoms with Gasteiger partial charge in [0, 0.05) is 30.0 Å². The van der Waals surface area contributed by atoms with Crippen molar-refractivity contribution in [3.05, 3.63) is 41.5 Å². The van der Waals surface area contributed by atoms with Gasteiger partial charge < -0.3 is 16.0 Å². The number of pyridine rings is 1. The zero-order chi connectivity index (χ0) is 20.2. The van der Waals surface area contributed by atoms with Gasteiger partial charge in [-0.1, -0.05) is 19.3 Å². The van der Waals surface area contributed by atoms with E-state index in [4.69, 9.17) is 0 Å². The van der Waals surface area contributed by atoms with Gasteiger partial charge in [-0.3, -0.25) is 4.79 Å². The monoisotopic (exact) mass is 409 g/mol. The van der Waals surface area contributed by atoms with Crippen LogP contribution in [0.4, 0.5) is 17.2 Å². The number of carbonyl (C=O) groups excluding carboxylic acids is 1. The number of hydrogen-bond acceptors (Lipinski definition) is 6. The maximum absolute atomic E-state index is 12.9. The van der Waals surface area contributed by atoms with Crippen molar-refractivity contribution in [2.24, 2.45) is 0 Å². The van der Waals surface area contributed by atoms with Gasteiger partial charge in [0.15, 0.2) is 0 Å². The van der Waals surface area contributed by atoms with Crippen LogP contribution in [-0.2, 0) is 0 Å². The molecule has 29 heavy (non-hydrogen) atoms. The van der Waals surface area contributed by atoms with Gasteiger partial charge in [0.2, 0.25) is 0 Å². The summed E-state index contributed by atoms with van der Waals surface area (Å²) in [5.41, 5.74) is 5.17. The van der Waals surface area contributed by atoms with Crippen LogP contribution in [0.2, 0.25) is 0 Å². The van der Waals surface area contributed by atoms with E-state index in [0.717, 1.165) is 34.4 Å². The molecule has 1 aliphatic carbocycles. The molecule has 7 heteroatoms. The summed E-state index contributed by atoms with van der Waals surface area (Å²) in [6.07, 6.45) is 7.43. The van der Waals surface area contributed by atoms with Crippen molar-refractivity contribution in [3.8, 4) is 0 Å². The molecule has 1 amide bonds. The summed E-state index contributed by atoms with van der Waals surface area (Å²) < 4.78 is 1.12. The summed E-state index contributed by atoms with van der Waals surface area (Å²) >= 11 is 1.61. The molecule has 152 valence electrons. The molecule has 1 fully saturated rings. The number of amides is 1. The van der Waals surface area contributed by atoms with Gasteiger partial charge in [0.05, 0.1) is 27.0 Å². The standard InChI is InChI=1S/C22H27N5OS/c1-14(2)25-19-11-21(26-16-8-9-18-20(10-16)29-13-24-18)23-12-17(19)22(28)27-15-6-4-3-5-7-15/h8-15H,3-7H2,1-2H3,(H,27,28)(H2,23,25,26). The average molecular weight is 410 g/mol. The Morgan fingerprint density at radius 2 is 1.97 bits per heavy atom. The summed E-state index contributed by atoms with van der Waals surface area (Å²) in [6.45, 7) is 4.13. The highest BCUT2D eigenvalue weighted by Gasteiger charge is 2.20. The lowest BCUT2D eigenvalue weighted by atomic mass is 9.95. The third kappa shape index (κ3) is 4.85. The van der Waals surface area contributed by atoms with Crippen LogP contribution in [0.5, 0.6) is 0 Å². The molecule has 3 aromatic rings. The molecule has 0 radical (unpaired) electrons. The van der Waals surface area contributed by atoms with E-state index in [1.165, 1.54) is 19.3 Å². The summed E-state index contributed by atoms with van der Waals surface area (Å²) in [6, 6.07) is 8.43. The Balaban J connectivity index is 1.55. The minimum atomic E-state index is -0.0508. The van der Waals surface area contributed by atoms with Gasteiger partial charge in [-0.2, -0.15) is 0 Å². The molecule has 0 saturated heterocycles. The molecule has 4 rings (SSSR count). The Hall–Kier alpha value is -2.67. The van der Waals surface area contributed by atoms with E-state index in [1.54, 1.807) is 17.5 Å². The van der Waals surface area contributed by atoms with Crippen molar-refractivity contribution in [1.82, 2.24) is 15.3 Å². The highest BCUT2D eigenvalue weighted by atomic mass is 32.1. The van der Waals surface area contributed by atoms with Crippen LogP contribution >= 0.6 is 11.3 Å². The van der Waals surface area contributed by atoms with Gasteiger partial charge in [-0.25, -0.2) is 9.97 Å². The second-order valence-corrected chi connectivity index (χ2v) is 8.77. The summed E-state index contributed by atoms with van der Waals surface area (Å²) in [5, 5.41) is 9.93. The fourth-order valence-corrected chi connectivity index (χ4v) is 4.44. The Bertz CT molecular complexity index is 994. The van der Waals surface area contributed by atoms with Crippen molar-refractivity contribution in [2.75, 3.05) is 10.6 Å². The number of benzene rings is 1. The van der Waals surface area contributed by atoms with Crippen molar-refractivity contribution < 1.29 is 4.79 Å². The Kier molecular flexibility index (Phi) is 5.94. The van der Waals surface area contributed by atoms with Crippen LogP contribution in [0.25, 0.3) is 10.2 Å². The molecule has 0 unspecified atom stereocenters. The second kappa shape index (κ2) is 8.78. The second-order valence-electron chi connectivity index (χ2n) is 7.88. The van der Waals surface area contributed by atoms with Gasteiger partial charge in [0.25, 0.3) is 5.91 Å². The molecular formula is C22H27N5OS. The summed E-state index contributed by atoms with van der Waals surface area (Å²) in [7, 11) is 0. The SMILES string of the molecule is CC(C)Nc1cc(Nc2ccc3ncsc3c2)ncc1C(=O)NC1CCCCC1. The van der Waals surface area contributed by atoms with E-state index >= 15 is 0 Å². The molecule has 0 spiro atoms. The van der Waals surface area contributed by atoms with E-state index < -0.39 is 0 Å². The number of thiazole rings is 1. The van der Waals surface area contributed by atoms with Crippen molar-refractivity contribution in [1.29, 1.82) is 0 Å². The lowest BCUT2D eigenvalue weighted by molar-refractivity contribution is 0.0928. The van der Waals surface area contributed by atoms with Crippen LogP contribution < -0.4 is 16.0 Å². The van der Waals surface area contributed by atoms with Crippen molar-refractivity contribution in [2.45, 2.75) is 58.0 Å². The quantitative estimate of drug-likeness (QED) is 0.514. The third-order valence-electron chi connectivity index (χ3n) is 5.14. The molecule has 1 aromatic carbocycles. The molecule has 0 atom stereocenters. The highest BCUT2D eigenvalue weighted by Crippen LogP contribution is 2.26. The summed E-state index contributed by atoms with van der Waals surface area (Å²) in [4.78, 5) is 21.7. The number of aromatic nitrogens is 2. The predicted molar refractivity (Wildman–Crippen MR) is 120 cm³/mol. The first-order valence-corrected chi connectivity index (χ1v) is 11.1. The zero-order valence-electron chi connectivity index (χ0n) is 16.9. The zero-order valence-corrected chi connectivity index (χ0v) is 17.7. The molecule has 0 aliphatic heterocycles. The topological polar surface area (TPSA) is 78.9 Å². The molecule has 2 aromatic heterocycles. The lowest BCUT2D eigenvalue weighted by Crippen LogP contribution is -2.36. The van der Waals surface area contributed by atoms with E-state index in [0.29, 0.717) is 11.4 Å². The Morgan fingerprint density at radius 1 is 1.14 bits per heavy atom. The summed E-state index contributed by atoms with van der Waals surface area (Å²) in [5.74, 6) is 0.649. The first-order chi connectivity index (χ1) is 14.1. The van der Waals surface area contributed by atoms with E-state index in [2.05, 4.69) is 45.8 Å². The number of nitrogens with zero attached hydrogens (tertiary/aromatic N) is 2. The molecule has 3 N–H and O–H groups in total. The molecule has 2 heterocycles. The van der Waals surface area contributed by atoms with Crippen molar-refractivity contribution >= 4 is 44.7 Å². The Labute approximate surface area is 175 Å². The fourth-order valence-electron chi connectivity index (χ4n) is 3.73. The number of fused-ring (bicyclic) bond motifs is 1. The van der Waals surface area contributed by atoms with E-state index in [9.17, 15) is 4.79 Å². The first-order valence-electron chi connectivity index (χ1n) is 10.3. The van der Waals surface area contributed by atoms with Crippen LogP contribution in [-0.4, -0.2) is 28.0 Å². The molecule has 1 saturated carbocycles. The number of nitrogens with one attached hydrogen (secondary N) is 3. The predicted octanol–water partition coefficient (Wildman–Crippen LogP) is 5.32. The molecule has 0 bridgehead atoms. The van der Waals surface area contributed by atoms with Crippen LogP contribution in [0.15, 0.2) is 36.0 Å². The number of anilines is 3. The highest BCUT2D eigenvalue weighted by molar-refractivity contribution is 7.16. The molecule has 6 nitrogen and oxygen atoms in total. The largest absolute Gasteiger partial charge is 0.382 e. The number of carbonyl (C=O) groups is 1. The average Bonchev–Trinajstić information content (AvgIpc) is 3.16. The minimum absolute atomic E-state index is 0.0508. The minimum Gasteiger partial charge on any atom is -0.382 e. The fraction of sp³-hybridized carbons (Fsp3) is 0.409. The van der Waals surface area contributed by atoms with Crippen LogP contribution in [0.1, 0.15) is 56.3 Å². The maximum atomic E-state index is 12.9. The molecular weight excluding hydrogens is 382 g/mol. The Morgan fingerprint density at radius 3 is 2.76 bits per heavy atom. The van der Waals surface area contributed by atoms with Crippen LogP contribution in [0, 0.1) is 0 Å². The van der Waals surface area contributed by atoms with Gasteiger partial charge in [-0.05, 0) is 44.9 Å². The first kappa shape index (κ1) is 19.6. The normalized spacial score (nSPS) is 14.9. The molecule has 1 aliphatic rings. The maximum Gasteiger partial charge on any atom is 0.255 e. The third-order valence-corrected chi connectivity index (χ3v) is 5.93. The lowest BCUT2D eigenvalue weighted by Gasteiger charge is -2.23. The van der Waals surface area contributed by atoms with Gasteiger partial charge >= 0.3 is 0 Å². The van der Waals surface area contributed by atoms with E-state index in [-0.39, 0.29) is 18.0 Å². The van der Waals surface area contributed by atoms with Gasteiger partial charge in [0.1, 0.15) is 5.82 Å². The van der Waals surface area contributed by atoms with Crippen molar-refractivity contribution in [3.63, 3.8) is 0 Å². The van der Waals surface area contributed by atoms with Gasteiger partial charge in [-0.15, -0.1) is 11.3 Å². The number of rotatable bonds is 6. The number of hydrogen-bond donors (Lipinski definition) is 3.